The zero-order valence-corrected chi connectivity index (χ0v) is 16.4. The number of aromatic nitrogens is 1. The van der Waals surface area contributed by atoms with E-state index in [1.54, 1.807) is 0 Å². The molecule has 0 unspecified atom stereocenters. The minimum atomic E-state index is 0.363. The first-order valence-electron chi connectivity index (χ1n) is 9.25. The van der Waals surface area contributed by atoms with Crippen molar-refractivity contribution in [3.63, 3.8) is 0 Å². The molecule has 0 saturated heterocycles. The van der Waals surface area contributed by atoms with Crippen LogP contribution in [0.15, 0.2) is 47.0 Å². The van der Waals surface area contributed by atoms with Crippen LogP contribution >= 0.6 is 0 Å². The van der Waals surface area contributed by atoms with Crippen LogP contribution in [0.2, 0.25) is 0 Å². The summed E-state index contributed by atoms with van der Waals surface area (Å²) < 4.78 is 8.56. The molecule has 27 heavy (non-hydrogen) atoms. The quantitative estimate of drug-likeness (QED) is 0.302. The molecular weight excluding hydrogens is 332 g/mol. The van der Waals surface area contributed by atoms with Crippen molar-refractivity contribution in [2.24, 2.45) is 7.05 Å². The molecule has 3 heteroatoms. The number of hydrogen-bond donors (Lipinski definition) is 0. The van der Waals surface area contributed by atoms with Gasteiger partial charge >= 0.3 is 0 Å². The van der Waals surface area contributed by atoms with Crippen LogP contribution in [0.1, 0.15) is 36.5 Å². The van der Waals surface area contributed by atoms with Gasteiger partial charge in [-0.2, -0.15) is 0 Å². The Hall–Kier alpha value is -3.12. The molecule has 2 heterocycles. The third kappa shape index (κ3) is 2.52. The highest BCUT2D eigenvalue weighted by atomic mass is 16.3. The molecule has 0 radical (unpaired) electrons. The molecule has 3 nitrogen and oxygen atoms in total. The van der Waals surface area contributed by atoms with Crippen LogP contribution in [-0.4, -0.2) is 0 Å². The lowest BCUT2D eigenvalue weighted by Crippen LogP contribution is -2.30. The minimum Gasteiger partial charge on any atom is -0.466 e. The lowest BCUT2D eigenvalue weighted by Gasteiger charge is -2.13. The summed E-state index contributed by atoms with van der Waals surface area (Å²) in [5, 5.41) is 2.22. The Kier molecular flexibility index (Phi) is 4.00. The molecule has 0 saturated carbocycles. The van der Waals surface area contributed by atoms with Crippen molar-refractivity contribution >= 4 is 27.6 Å². The van der Waals surface area contributed by atoms with E-state index in [0.29, 0.717) is 17.2 Å². The topological polar surface area (TPSA) is 21.4 Å². The smallest absolute Gasteiger partial charge is 0.229 e. The second kappa shape index (κ2) is 6.25. The standard InChI is InChI=1S/C24H23N2O/c1-14(2)17-13-16(4)20(19-9-7-8-12-26(19)6)24-22(17)21-15(3)10-11-18(25-5)23(21)27-24/h7-14H,1-4,6H3/q+1. The van der Waals surface area contributed by atoms with Crippen molar-refractivity contribution in [2.75, 3.05) is 0 Å². The van der Waals surface area contributed by atoms with Gasteiger partial charge in [-0.3, -0.25) is 0 Å². The molecule has 4 aromatic rings. The monoisotopic (exact) mass is 355 g/mol. The Morgan fingerprint density at radius 3 is 2.44 bits per heavy atom. The average molecular weight is 355 g/mol. The van der Waals surface area contributed by atoms with E-state index in [2.05, 4.69) is 68.6 Å². The third-order valence-electron chi connectivity index (χ3n) is 5.36. The van der Waals surface area contributed by atoms with Gasteiger partial charge in [0, 0.05) is 22.9 Å². The highest BCUT2D eigenvalue weighted by Gasteiger charge is 2.25. The van der Waals surface area contributed by atoms with E-state index in [0.717, 1.165) is 33.2 Å². The summed E-state index contributed by atoms with van der Waals surface area (Å²) >= 11 is 0. The van der Waals surface area contributed by atoms with Crippen LogP contribution in [0.5, 0.6) is 0 Å². The number of pyridine rings is 1. The van der Waals surface area contributed by atoms with Gasteiger partial charge in [-0.15, -0.1) is 0 Å². The fourth-order valence-corrected chi connectivity index (χ4v) is 4.00. The second-order valence-corrected chi connectivity index (χ2v) is 7.53. The van der Waals surface area contributed by atoms with E-state index in [4.69, 9.17) is 11.0 Å². The van der Waals surface area contributed by atoms with Gasteiger partial charge in [-0.05, 0) is 42.5 Å². The van der Waals surface area contributed by atoms with Gasteiger partial charge in [-0.25, -0.2) is 9.41 Å². The lowest BCUT2D eigenvalue weighted by atomic mass is 9.90. The summed E-state index contributed by atoms with van der Waals surface area (Å²) in [4.78, 5) is 3.70. The number of nitrogens with zero attached hydrogens (tertiary/aromatic N) is 2. The SMILES string of the molecule is [C-]#[N+]c1ccc(C)c2c1oc1c(-c3cccc[n+]3C)c(C)cc(C(C)C)c12. The van der Waals surface area contributed by atoms with Crippen molar-refractivity contribution in [1.82, 2.24) is 0 Å². The highest BCUT2D eigenvalue weighted by molar-refractivity contribution is 6.15. The Bertz CT molecular complexity index is 1240. The first-order chi connectivity index (χ1) is 12.9. The maximum atomic E-state index is 7.56. The van der Waals surface area contributed by atoms with E-state index in [1.807, 2.05) is 18.2 Å². The Labute approximate surface area is 159 Å². The number of rotatable bonds is 2. The van der Waals surface area contributed by atoms with Crippen molar-refractivity contribution in [1.29, 1.82) is 0 Å². The summed E-state index contributed by atoms with van der Waals surface area (Å²) in [5.74, 6) is 0.363. The van der Waals surface area contributed by atoms with Crippen molar-refractivity contribution in [2.45, 2.75) is 33.6 Å². The Balaban J connectivity index is 2.29. The number of aryl methyl sites for hydroxylation is 3. The first kappa shape index (κ1) is 17.3. The Morgan fingerprint density at radius 2 is 1.78 bits per heavy atom. The van der Waals surface area contributed by atoms with E-state index in [9.17, 15) is 0 Å². The molecule has 2 aromatic heterocycles. The predicted molar refractivity (Wildman–Crippen MR) is 110 cm³/mol. The van der Waals surface area contributed by atoms with Gasteiger partial charge < -0.3 is 4.42 Å². The van der Waals surface area contributed by atoms with Crippen LogP contribution in [-0.2, 0) is 7.05 Å². The van der Waals surface area contributed by atoms with Crippen LogP contribution in [0.25, 0.3) is 38.0 Å². The largest absolute Gasteiger partial charge is 0.466 e. The fourth-order valence-electron chi connectivity index (χ4n) is 4.00. The maximum Gasteiger partial charge on any atom is 0.229 e. The molecule has 134 valence electrons. The lowest BCUT2D eigenvalue weighted by molar-refractivity contribution is -0.660. The van der Waals surface area contributed by atoms with Crippen molar-refractivity contribution < 1.29 is 8.98 Å². The Morgan fingerprint density at radius 1 is 1.00 bits per heavy atom. The van der Waals surface area contributed by atoms with Gasteiger partial charge in [-0.1, -0.05) is 32.0 Å². The van der Waals surface area contributed by atoms with Crippen LogP contribution < -0.4 is 4.57 Å². The van der Waals surface area contributed by atoms with E-state index >= 15 is 0 Å². The zero-order chi connectivity index (χ0) is 19.3. The summed E-state index contributed by atoms with van der Waals surface area (Å²) in [6.07, 6.45) is 2.05. The molecule has 0 aliphatic heterocycles. The summed E-state index contributed by atoms with van der Waals surface area (Å²) in [7, 11) is 2.05. The van der Waals surface area contributed by atoms with Crippen molar-refractivity contribution in [3.05, 3.63) is 70.7 Å². The molecule has 0 bridgehead atoms. The normalized spacial score (nSPS) is 11.4. The average Bonchev–Trinajstić information content (AvgIpc) is 3.03. The molecule has 0 fully saturated rings. The molecule has 0 N–H and O–H groups in total. The van der Waals surface area contributed by atoms with E-state index in [1.165, 1.54) is 11.1 Å². The molecule has 2 aromatic carbocycles. The van der Waals surface area contributed by atoms with Gasteiger partial charge in [0.2, 0.25) is 11.4 Å². The van der Waals surface area contributed by atoms with Gasteiger partial charge in [0.1, 0.15) is 18.2 Å². The molecule has 0 spiro atoms. The molecule has 0 aliphatic carbocycles. The number of furan rings is 1. The third-order valence-corrected chi connectivity index (χ3v) is 5.36. The molecule has 0 amide bonds. The van der Waals surface area contributed by atoms with Gasteiger partial charge in [0.25, 0.3) is 0 Å². The summed E-state index contributed by atoms with van der Waals surface area (Å²) in [6.45, 7) is 16.2. The maximum absolute atomic E-state index is 7.56. The van der Waals surface area contributed by atoms with E-state index in [-0.39, 0.29) is 0 Å². The molecule has 4 rings (SSSR count). The van der Waals surface area contributed by atoms with Gasteiger partial charge in [0.15, 0.2) is 6.20 Å². The predicted octanol–water partition coefficient (Wildman–Crippen LogP) is 6.37. The number of benzene rings is 2. The fraction of sp³-hybridized carbons (Fsp3) is 0.250. The van der Waals surface area contributed by atoms with Crippen LogP contribution in [0, 0.1) is 20.4 Å². The zero-order valence-electron chi connectivity index (χ0n) is 16.4. The summed E-state index contributed by atoms with van der Waals surface area (Å²) in [6, 6.07) is 12.4. The van der Waals surface area contributed by atoms with Crippen LogP contribution in [0.3, 0.4) is 0 Å². The van der Waals surface area contributed by atoms with Crippen molar-refractivity contribution in [3.8, 4) is 11.3 Å². The first-order valence-corrected chi connectivity index (χ1v) is 9.25. The molecular formula is C24H23N2O+. The van der Waals surface area contributed by atoms with Crippen LogP contribution in [0.4, 0.5) is 5.69 Å². The van der Waals surface area contributed by atoms with Gasteiger partial charge in [0.05, 0.1) is 12.1 Å². The minimum absolute atomic E-state index is 0.363. The van der Waals surface area contributed by atoms with E-state index < -0.39 is 0 Å². The highest BCUT2D eigenvalue weighted by Crippen LogP contribution is 2.44. The molecule has 0 atom stereocenters. The molecule has 0 aliphatic rings. The number of fused-ring (bicyclic) bond motifs is 3. The second-order valence-electron chi connectivity index (χ2n) is 7.53. The number of hydrogen-bond acceptors (Lipinski definition) is 1. The summed E-state index contributed by atoms with van der Waals surface area (Å²) in [5.41, 5.74) is 7.97.